The van der Waals surface area contributed by atoms with E-state index in [2.05, 4.69) is 5.32 Å². The molecule has 1 aromatic rings. The minimum atomic E-state index is -0.176. The van der Waals surface area contributed by atoms with Gasteiger partial charge in [-0.3, -0.25) is 9.59 Å². The summed E-state index contributed by atoms with van der Waals surface area (Å²) in [6, 6.07) is 1.62. The van der Waals surface area contributed by atoms with Crippen LogP contribution in [0.25, 0.3) is 0 Å². The van der Waals surface area contributed by atoms with E-state index in [-0.39, 0.29) is 18.4 Å². The smallest absolute Gasteiger partial charge is 0.257 e. The number of hydrogen-bond acceptors (Lipinski definition) is 3. The minimum absolute atomic E-state index is 0.0772. The van der Waals surface area contributed by atoms with Gasteiger partial charge in [0, 0.05) is 13.1 Å². The first-order valence-electron chi connectivity index (χ1n) is 5.70. The van der Waals surface area contributed by atoms with E-state index in [9.17, 15) is 9.59 Å². The molecule has 94 valence electrons. The summed E-state index contributed by atoms with van der Waals surface area (Å²) in [7, 11) is 0. The molecular weight excluding hydrogens is 220 g/mol. The third kappa shape index (κ3) is 3.34. The van der Waals surface area contributed by atoms with E-state index in [4.69, 9.17) is 4.42 Å². The summed E-state index contributed by atoms with van der Waals surface area (Å²) in [5.74, 6) is 0.248. The summed E-state index contributed by atoms with van der Waals surface area (Å²) in [6.45, 7) is 6.54. The first-order chi connectivity index (χ1) is 8.10. The molecule has 1 heterocycles. The average molecular weight is 238 g/mol. The van der Waals surface area contributed by atoms with Gasteiger partial charge in [0.15, 0.2) is 0 Å². The van der Waals surface area contributed by atoms with Crippen LogP contribution in [0.1, 0.15) is 30.0 Å². The number of aryl methyl sites for hydroxylation is 1. The van der Waals surface area contributed by atoms with Crippen molar-refractivity contribution in [2.75, 3.05) is 19.6 Å². The van der Waals surface area contributed by atoms with Gasteiger partial charge in [-0.25, -0.2) is 0 Å². The molecule has 0 aliphatic heterocycles. The number of furan rings is 1. The molecule has 0 saturated carbocycles. The monoisotopic (exact) mass is 238 g/mol. The number of amides is 2. The van der Waals surface area contributed by atoms with Crippen LogP contribution in [0, 0.1) is 6.92 Å². The first-order valence-corrected chi connectivity index (χ1v) is 5.70. The minimum Gasteiger partial charge on any atom is -0.469 e. The summed E-state index contributed by atoms with van der Waals surface area (Å²) in [6.07, 6.45) is 1.47. The third-order valence-electron chi connectivity index (χ3n) is 2.47. The zero-order valence-corrected chi connectivity index (χ0v) is 10.4. The van der Waals surface area contributed by atoms with Crippen molar-refractivity contribution in [3.63, 3.8) is 0 Å². The zero-order chi connectivity index (χ0) is 12.8. The molecule has 1 rings (SSSR count). The Balaban J connectivity index is 2.71. The average Bonchev–Trinajstić information content (AvgIpc) is 2.72. The normalized spacial score (nSPS) is 10.1. The molecule has 1 aromatic heterocycles. The standard InChI is InChI=1S/C12H18N2O3/c1-4-13-11(15)8-14(5-2)12(16)10-6-7-17-9(10)3/h6-7H,4-5,8H2,1-3H3,(H,13,15). The molecule has 0 aromatic carbocycles. The van der Waals surface area contributed by atoms with Crippen molar-refractivity contribution < 1.29 is 14.0 Å². The van der Waals surface area contributed by atoms with Crippen molar-refractivity contribution >= 4 is 11.8 Å². The molecule has 0 saturated heterocycles. The van der Waals surface area contributed by atoms with Gasteiger partial charge in [0.1, 0.15) is 5.76 Å². The summed E-state index contributed by atoms with van der Waals surface area (Å²) in [5.41, 5.74) is 0.510. The summed E-state index contributed by atoms with van der Waals surface area (Å²) in [5, 5.41) is 2.67. The number of carbonyl (C=O) groups excluding carboxylic acids is 2. The lowest BCUT2D eigenvalue weighted by Gasteiger charge is -2.19. The van der Waals surface area contributed by atoms with Crippen molar-refractivity contribution in [3.05, 3.63) is 23.7 Å². The zero-order valence-electron chi connectivity index (χ0n) is 10.4. The molecule has 0 radical (unpaired) electrons. The summed E-state index contributed by atoms with van der Waals surface area (Å²) >= 11 is 0. The lowest BCUT2D eigenvalue weighted by atomic mass is 10.2. The van der Waals surface area contributed by atoms with Crippen molar-refractivity contribution in [1.29, 1.82) is 0 Å². The van der Waals surface area contributed by atoms with E-state index in [0.29, 0.717) is 24.4 Å². The molecule has 17 heavy (non-hydrogen) atoms. The van der Waals surface area contributed by atoms with Crippen LogP contribution in [0.15, 0.2) is 16.7 Å². The number of rotatable bonds is 5. The Labute approximate surface area is 101 Å². The second-order valence-electron chi connectivity index (χ2n) is 3.66. The van der Waals surface area contributed by atoms with Crippen LogP contribution in [0.4, 0.5) is 0 Å². The Kier molecular flexibility index (Phi) is 4.75. The molecule has 0 spiro atoms. The second-order valence-corrected chi connectivity index (χ2v) is 3.66. The maximum Gasteiger partial charge on any atom is 0.257 e. The molecule has 1 N–H and O–H groups in total. The van der Waals surface area contributed by atoms with Crippen molar-refractivity contribution in [1.82, 2.24) is 10.2 Å². The summed E-state index contributed by atoms with van der Waals surface area (Å²) < 4.78 is 5.08. The predicted octanol–water partition coefficient (Wildman–Crippen LogP) is 1.19. The van der Waals surface area contributed by atoms with E-state index >= 15 is 0 Å². The number of nitrogens with one attached hydrogen (secondary N) is 1. The van der Waals surface area contributed by atoms with E-state index in [0.717, 1.165) is 0 Å². The highest BCUT2D eigenvalue weighted by atomic mass is 16.3. The number of carbonyl (C=O) groups is 2. The van der Waals surface area contributed by atoms with Crippen molar-refractivity contribution in [3.8, 4) is 0 Å². The molecule has 0 unspecified atom stereocenters. The fourth-order valence-corrected chi connectivity index (χ4v) is 1.53. The Morgan fingerprint density at radius 3 is 2.59 bits per heavy atom. The van der Waals surface area contributed by atoms with Crippen LogP contribution in [0.2, 0.25) is 0 Å². The second kappa shape index (κ2) is 6.08. The van der Waals surface area contributed by atoms with E-state index in [1.807, 2.05) is 13.8 Å². The van der Waals surface area contributed by atoms with Crippen molar-refractivity contribution in [2.45, 2.75) is 20.8 Å². The third-order valence-corrected chi connectivity index (χ3v) is 2.47. The Morgan fingerprint density at radius 1 is 1.41 bits per heavy atom. The number of nitrogens with zero attached hydrogens (tertiary/aromatic N) is 1. The van der Waals surface area contributed by atoms with E-state index < -0.39 is 0 Å². The van der Waals surface area contributed by atoms with Gasteiger partial charge in [-0.15, -0.1) is 0 Å². The molecule has 5 heteroatoms. The highest BCUT2D eigenvalue weighted by molar-refractivity contribution is 5.97. The maximum absolute atomic E-state index is 12.1. The maximum atomic E-state index is 12.1. The van der Waals surface area contributed by atoms with Gasteiger partial charge in [0.05, 0.1) is 18.4 Å². The molecular formula is C12H18N2O3. The fraction of sp³-hybridized carbons (Fsp3) is 0.500. The number of likely N-dealkylation sites (N-methyl/N-ethyl adjacent to an activating group) is 2. The molecule has 0 aliphatic carbocycles. The highest BCUT2D eigenvalue weighted by Crippen LogP contribution is 2.11. The van der Waals surface area contributed by atoms with Crippen LogP contribution >= 0.6 is 0 Å². The fourth-order valence-electron chi connectivity index (χ4n) is 1.53. The quantitative estimate of drug-likeness (QED) is 0.838. The van der Waals surface area contributed by atoms with Gasteiger partial charge < -0.3 is 14.6 Å². The Bertz CT molecular complexity index is 398. The van der Waals surface area contributed by atoms with Gasteiger partial charge in [-0.1, -0.05) is 0 Å². The van der Waals surface area contributed by atoms with Crippen molar-refractivity contribution in [2.24, 2.45) is 0 Å². The van der Waals surface area contributed by atoms with Crippen LogP contribution in [-0.2, 0) is 4.79 Å². The molecule has 5 nitrogen and oxygen atoms in total. The lowest BCUT2D eigenvalue weighted by molar-refractivity contribution is -0.121. The van der Waals surface area contributed by atoms with Gasteiger partial charge >= 0.3 is 0 Å². The van der Waals surface area contributed by atoms with Crippen LogP contribution in [0.3, 0.4) is 0 Å². The van der Waals surface area contributed by atoms with E-state index in [1.54, 1.807) is 13.0 Å². The first kappa shape index (κ1) is 13.3. The molecule has 2 amide bonds. The van der Waals surface area contributed by atoms with E-state index in [1.165, 1.54) is 11.2 Å². The van der Waals surface area contributed by atoms with Crippen LogP contribution < -0.4 is 5.32 Å². The van der Waals surface area contributed by atoms with Gasteiger partial charge in [0.25, 0.3) is 5.91 Å². The van der Waals surface area contributed by atoms with Gasteiger partial charge in [-0.2, -0.15) is 0 Å². The van der Waals surface area contributed by atoms with Crippen LogP contribution in [0.5, 0.6) is 0 Å². The topological polar surface area (TPSA) is 62.6 Å². The molecule has 0 fully saturated rings. The summed E-state index contributed by atoms with van der Waals surface area (Å²) in [4.78, 5) is 25.0. The van der Waals surface area contributed by atoms with Gasteiger partial charge in [-0.05, 0) is 26.8 Å². The lowest BCUT2D eigenvalue weighted by Crippen LogP contribution is -2.40. The molecule has 0 bridgehead atoms. The Hall–Kier alpha value is -1.78. The van der Waals surface area contributed by atoms with Crippen LogP contribution in [-0.4, -0.2) is 36.3 Å². The molecule has 0 aliphatic rings. The van der Waals surface area contributed by atoms with Gasteiger partial charge in [0.2, 0.25) is 5.91 Å². The Morgan fingerprint density at radius 2 is 2.12 bits per heavy atom. The SMILES string of the molecule is CCNC(=O)CN(CC)C(=O)c1ccoc1C. The highest BCUT2D eigenvalue weighted by Gasteiger charge is 2.19. The predicted molar refractivity (Wildman–Crippen MR) is 63.7 cm³/mol. The largest absolute Gasteiger partial charge is 0.469 e. The number of hydrogen-bond donors (Lipinski definition) is 1. The molecule has 0 atom stereocenters.